The lowest BCUT2D eigenvalue weighted by molar-refractivity contribution is 0.776. The van der Waals surface area contributed by atoms with Crippen LogP contribution in [-0.4, -0.2) is 25.0 Å². The molecule has 3 heterocycles. The number of nitrogens with zero attached hydrogens (tertiary/aromatic N) is 4. The van der Waals surface area contributed by atoms with Gasteiger partial charge in [0.15, 0.2) is 5.65 Å². The minimum absolute atomic E-state index is 0.438. The molecule has 0 fully saturated rings. The average molecular weight is 234 g/mol. The Kier molecular flexibility index (Phi) is 1.94. The van der Waals surface area contributed by atoms with Crippen molar-refractivity contribution in [1.29, 1.82) is 0 Å². The fourth-order valence-electron chi connectivity index (χ4n) is 1.75. The normalized spacial score (nSPS) is 11.1. The Morgan fingerprint density at radius 3 is 3.06 bits per heavy atom. The van der Waals surface area contributed by atoms with Gasteiger partial charge in [-0.2, -0.15) is 10.2 Å². The van der Waals surface area contributed by atoms with E-state index in [1.165, 1.54) is 0 Å². The van der Waals surface area contributed by atoms with Gasteiger partial charge in [0.25, 0.3) is 0 Å². The second-order valence-electron chi connectivity index (χ2n) is 3.46. The van der Waals surface area contributed by atoms with Gasteiger partial charge >= 0.3 is 0 Å². The SMILES string of the molecule is Cn1nccc1-c1cc(Cl)nc2[nH]ncc12. The minimum atomic E-state index is 0.438. The van der Waals surface area contributed by atoms with Crippen molar-refractivity contribution in [3.8, 4) is 11.3 Å². The molecule has 0 spiro atoms. The first-order chi connectivity index (χ1) is 7.75. The highest BCUT2D eigenvalue weighted by atomic mass is 35.5. The van der Waals surface area contributed by atoms with Gasteiger partial charge in [0.1, 0.15) is 5.15 Å². The summed E-state index contributed by atoms with van der Waals surface area (Å²) < 4.78 is 1.79. The lowest BCUT2D eigenvalue weighted by Crippen LogP contribution is -1.94. The molecule has 3 aromatic rings. The number of aryl methyl sites for hydroxylation is 1. The smallest absolute Gasteiger partial charge is 0.157 e. The fourth-order valence-corrected chi connectivity index (χ4v) is 1.94. The van der Waals surface area contributed by atoms with Gasteiger partial charge in [-0.15, -0.1) is 0 Å². The largest absolute Gasteiger partial charge is 0.268 e. The number of halogens is 1. The Balaban J connectivity index is 2.38. The number of H-pyrrole nitrogens is 1. The van der Waals surface area contributed by atoms with E-state index in [1.807, 2.05) is 19.2 Å². The minimum Gasteiger partial charge on any atom is -0.268 e. The highest BCUT2D eigenvalue weighted by Crippen LogP contribution is 2.28. The van der Waals surface area contributed by atoms with Crippen LogP contribution in [0.25, 0.3) is 22.3 Å². The van der Waals surface area contributed by atoms with Crippen molar-refractivity contribution in [1.82, 2.24) is 25.0 Å². The number of hydrogen-bond acceptors (Lipinski definition) is 3. The zero-order valence-electron chi connectivity index (χ0n) is 8.48. The molecule has 0 amide bonds. The summed E-state index contributed by atoms with van der Waals surface area (Å²) in [6, 6.07) is 3.74. The monoisotopic (exact) mass is 233 g/mol. The molecular weight excluding hydrogens is 226 g/mol. The Morgan fingerprint density at radius 2 is 2.31 bits per heavy atom. The number of fused-ring (bicyclic) bond motifs is 1. The summed E-state index contributed by atoms with van der Waals surface area (Å²) >= 11 is 5.96. The van der Waals surface area contributed by atoms with Crippen LogP contribution in [0.4, 0.5) is 0 Å². The van der Waals surface area contributed by atoms with E-state index >= 15 is 0 Å². The van der Waals surface area contributed by atoms with E-state index in [-0.39, 0.29) is 0 Å². The Morgan fingerprint density at radius 1 is 1.44 bits per heavy atom. The van der Waals surface area contributed by atoms with Gasteiger partial charge in [0.05, 0.1) is 11.9 Å². The molecule has 80 valence electrons. The molecule has 0 saturated heterocycles. The van der Waals surface area contributed by atoms with Crippen LogP contribution in [-0.2, 0) is 7.05 Å². The first-order valence-corrected chi connectivity index (χ1v) is 5.11. The van der Waals surface area contributed by atoms with E-state index < -0.39 is 0 Å². The number of aromatic amines is 1. The predicted molar refractivity (Wildman–Crippen MR) is 61.1 cm³/mol. The molecular formula is C10H8ClN5. The zero-order valence-corrected chi connectivity index (χ0v) is 9.23. The summed E-state index contributed by atoms with van der Waals surface area (Å²) in [6.45, 7) is 0. The second-order valence-corrected chi connectivity index (χ2v) is 3.85. The number of pyridine rings is 1. The van der Waals surface area contributed by atoms with Crippen LogP contribution in [0.1, 0.15) is 0 Å². The van der Waals surface area contributed by atoms with Crippen molar-refractivity contribution in [2.24, 2.45) is 7.05 Å². The number of rotatable bonds is 1. The summed E-state index contributed by atoms with van der Waals surface area (Å²) in [6.07, 6.45) is 3.48. The lowest BCUT2D eigenvalue weighted by Gasteiger charge is -2.03. The van der Waals surface area contributed by atoms with Crippen molar-refractivity contribution in [2.75, 3.05) is 0 Å². The van der Waals surface area contributed by atoms with Gasteiger partial charge in [-0.05, 0) is 12.1 Å². The summed E-state index contributed by atoms with van der Waals surface area (Å²) in [7, 11) is 1.88. The van der Waals surface area contributed by atoms with Crippen LogP contribution in [0.3, 0.4) is 0 Å². The van der Waals surface area contributed by atoms with Crippen LogP contribution in [0.15, 0.2) is 24.5 Å². The Bertz CT molecular complexity index is 654. The molecule has 0 aliphatic heterocycles. The molecule has 3 rings (SSSR count). The van der Waals surface area contributed by atoms with Gasteiger partial charge in [-0.1, -0.05) is 11.6 Å². The van der Waals surface area contributed by atoms with E-state index in [9.17, 15) is 0 Å². The molecule has 0 radical (unpaired) electrons. The molecule has 0 saturated carbocycles. The van der Waals surface area contributed by atoms with Gasteiger partial charge in [0, 0.05) is 24.2 Å². The van der Waals surface area contributed by atoms with Crippen molar-refractivity contribution < 1.29 is 0 Å². The average Bonchev–Trinajstić information content (AvgIpc) is 2.84. The summed E-state index contributed by atoms with van der Waals surface area (Å²) in [5, 5.41) is 12.3. The van der Waals surface area contributed by atoms with Crippen LogP contribution in [0.5, 0.6) is 0 Å². The van der Waals surface area contributed by atoms with Crippen molar-refractivity contribution in [2.45, 2.75) is 0 Å². The van der Waals surface area contributed by atoms with E-state index in [4.69, 9.17) is 11.6 Å². The van der Waals surface area contributed by atoms with E-state index in [0.717, 1.165) is 16.6 Å². The predicted octanol–water partition coefficient (Wildman–Crippen LogP) is 2.01. The van der Waals surface area contributed by atoms with E-state index in [1.54, 1.807) is 17.1 Å². The maximum atomic E-state index is 5.96. The highest BCUT2D eigenvalue weighted by molar-refractivity contribution is 6.30. The maximum Gasteiger partial charge on any atom is 0.157 e. The molecule has 0 aliphatic rings. The third-order valence-corrected chi connectivity index (χ3v) is 2.68. The van der Waals surface area contributed by atoms with Crippen LogP contribution < -0.4 is 0 Å². The highest BCUT2D eigenvalue weighted by Gasteiger charge is 2.11. The first kappa shape index (κ1) is 9.35. The molecule has 0 atom stereocenters. The molecule has 1 N–H and O–H groups in total. The Labute approximate surface area is 96.1 Å². The van der Waals surface area contributed by atoms with Crippen LogP contribution >= 0.6 is 11.6 Å². The van der Waals surface area contributed by atoms with E-state index in [2.05, 4.69) is 20.3 Å². The van der Waals surface area contributed by atoms with Crippen molar-refractivity contribution >= 4 is 22.6 Å². The molecule has 5 nitrogen and oxygen atoms in total. The van der Waals surface area contributed by atoms with Crippen LogP contribution in [0, 0.1) is 0 Å². The first-order valence-electron chi connectivity index (χ1n) is 4.74. The summed E-state index contributed by atoms with van der Waals surface area (Å²) in [5.74, 6) is 0. The fraction of sp³-hybridized carbons (Fsp3) is 0.100. The summed E-state index contributed by atoms with van der Waals surface area (Å²) in [5.41, 5.74) is 2.64. The molecule has 6 heteroatoms. The number of aromatic nitrogens is 5. The zero-order chi connectivity index (χ0) is 11.1. The Hall–Kier alpha value is -1.88. The standard InChI is InChI=1S/C10H8ClN5/c1-16-8(2-3-13-16)6-4-9(11)14-10-7(6)5-12-15-10/h2-5H,1H3,(H,12,14,15). The lowest BCUT2D eigenvalue weighted by atomic mass is 10.1. The molecule has 0 bridgehead atoms. The van der Waals surface area contributed by atoms with Crippen molar-refractivity contribution in [3.63, 3.8) is 0 Å². The van der Waals surface area contributed by atoms with Crippen LogP contribution in [0.2, 0.25) is 5.15 Å². The second kappa shape index (κ2) is 3.31. The molecule has 0 aliphatic carbocycles. The quantitative estimate of drug-likeness (QED) is 0.654. The molecule has 3 aromatic heterocycles. The van der Waals surface area contributed by atoms with Gasteiger partial charge in [-0.25, -0.2) is 4.98 Å². The van der Waals surface area contributed by atoms with Gasteiger partial charge in [-0.3, -0.25) is 9.78 Å². The van der Waals surface area contributed by atoms with Crippen molar-refractivity contribution in [3.05, 3.63) is 29.7 Å². The molecule has 0 unspecified atom stereocenters. The summed E-state index contributed by atoms with van der Waals surface area (Å²) in [4.78, 5) is 4.15. The number of nitrogens with one attached hydrogen (secondary N) is 1. The molecule has 16 heavy (non-hydrogen) atoms. The van der Waals surface area contributed by atoms with E-state index in [0.29, 0.717) is 10.8 Å². The maximum absolute atomic E-state index is 5.96. The van der Waals surface area contributed by atoms with Gasteiger partial charge < -0.3 is 0 Å². The third kappa shape index (κ3) is 1.29. The topological polar surface area (TPSA) is 59.4 Å². The molecule has 0 aromatic carbocycles. The third-order valence-electron chi connectivity index (χ3n) is 2.49. The number of hydrogen-bond donors (Lipinski definition) is 1. The van der Waals surface area contributed by atoms with Gasteiger partial charge in [0.2, 0.25) is 0 Å².